The molecule has 2 rings (SSSR count). The first-order valence-corrected chi connectivity index (χ1v) is 6.71. The third kappa shape index (κ3) is 3.21. The highest BCUT2D eigenvalue weighted by Crippen LogP contribution is 2.31. The van der Waals surface area contributed by atoms with Crippen molar-refractivity contribution in [3.8, 4) is 0 Å². The van der Waals surface area contributed by atoms with E-state index in [4.69, 9.17) is 12.2 Å². The first-order chi connectivity index (χ1) is 9.11. The lowest BCUT2D eigenvalue weighted by Gasteiger charge is -2.14. The average Bonchev–Trinajstić information content (AvgIpc) is 2.67. The van der Waals surface area contributed by atoms with E-state index in [1.807, 2.05) is 30.3 Å². The lowest BCUT2D eigenvalue weighted by molar-refractivity contribution is -0.135. The molecule has 1 heterocycles. The first-order valence-electron chi connectivity index (χ1n) is 5.49. The Morgan fingerprint density at radius 1 is 1.42 bits per heavy atom. The molecule has 0 atom stereocenters. The van der Waals surface area contributed by atoms with Gasteiger partial charge in [-0.2, -0.15) is 0 Å². The molecule has 0 radical (unpaired) electrons. The number of esters is 1. The summed E-state index contributed by atoms with van der Waals surface area (Å²) in [6.07, 6.45) is 1.17. The number of carbonyl (C=O) groups excluding carboxylic acids is 2. The Morgan fingerprint density at radius 2 is 2.11 bits per heavy atom. The third-order valence-electron chi connectivity index (χ3n) is 2.51. The molecule has 1 amide bonds. The summed E-state index contributed by atoms with van der Waals surface area (Å²) in [7, 11) is 1.27. The molecule has 6 heteroatoms. The molecule has 19 heavy (non-hydrogen) atoms. The fourth-order valence-corrected chi connectivity index (χ4v) is 2.78. The van der Waals surface area contributed by atoms with E-state index in [1.54, 1.807) is 0 Å². The second-order valence-corrected chi connectivity index (χ2v) is 5.45. The number of thioether (sulfide) groups is 1. The van der Waals surface area contributed by atoms with Gasteiger partial charge in [0.25, 0.3) is 5.91 Å². The fourth-order valence-electron chi connectivity index (χ4n) is 1.57. The van der Waals surface area contributed by atoms with Gasteiger partial charge in [0.2, 0.25) is 0 Å². The molecule has 98 valence electrons. The van der Waals surface area contributed by atoms with Gasteiger partial charge in [-0.1, -0.05) is 54.3 Å². The van der Waals surface area contributed by atoms with E-state index in [0.717, 1.165) is 17.3 Å². The summed E-state index contributed by atoms with van der Waals surface area (Å²) < 4.78 is 4.95. The van der Waals surface area contributed by atoms with Gasteiger partial charge >= 0.3 is 5.97 Å². The summed E-state index contributed by atoms with van der Waals surface area (Å²) in [5.41, 5.74) is 0.984. The van der Waals surface area contributed by atoms with Crippen LogP contribution in [0.3, 0.4) is 0 Å². The SMILES string of the molecule is COC(=O)/C=C1\SC(=S)N(Cc2ccccc2)C1=O. The van der Waals surface area contributed by atoms with E-state index in [-0.39, 0.29) is 5.91 Å². The van der Waals surface area contributed by atoms with Gasteiger partial charge in [0, 0.05) is 6.08 Å². The third-order valence-corrected chi connectivity index (χ3v) is 3.89. The quantitative estimate of drug-likeness (QED) is 0.485. The number of hydrogen-bond acceptors (Lipinski definition) is 5. The minimum atomic E-state index is -0.555. The van der Waals surface area contributed by atoms with Crippen LogP contribution in [0.5, 0.6) is 0 Å². The molecule has 0 aliphatic carbocycles. The number of rotatable bonds is 3. The highest BCUT2D eigenvalue weighted by molar-refractivity contribution is 8.26. The van der Waals surface area contributed by atoms with Crippen molar-refractivity contribution in [2.75, 3.05) is 7.11 Å². The highest BCUT2D eigenvalue weighted by Gasteiger charge is 2.32. The Labute approximate surface area is 120 Å². The van der Waals surface area contributed by atoms with Gasteiger partial charge in [-0.3, -0.25) is 9.69 Å². The molecule has 1 aliphatic rings. The summed E-state index contributed by atoms with van der Waals surface area (Å²) in [5, 5.41) is 0. The van der Waals surface area contributed by atoms with Crippen molar-refractivity contribution in [3.63, 3.8) is 0 Å². The van der Waals surface area contributed by atoms with Crippen LogP contribution in [0.2, 0.25) is 0 Å². The Morgan fingerprint density at radius 3 is 2.74 bits per heavy atom. The molecule has 0 unspecified atom stereocenters. The standard InChI is InChI=1S/C13H11NO3S2/c1-17-11(15)7-10-12(16)14(13(18)19-10)8-9-5-3-2-4-6-9/h2-7H,8H2,1H3/b10-7-. The summed E-state index contributed by atoms with van der Waals surface area (Å²) in [6.45, 7) is 0.407. The molecular weight excluding hydrogens is 282 g/mol. The van der Waals surface area contributed by atoms with Crippen LogP contribution in [0, 0.1) is 0 Å². The molecule has 0 bridgehead atoms. The van der Waals surface area contributed by atoms with E-state index in [9.17, 15) is 9.59 Å². The number of hydrogen-bond donors (Lipinski definition) is 0. The Hall–Kier alpha value is -1.66. The maximum Gasteiger partial charge on any atom is 0.331 e. The molecule has 1 aromatic rings. The van der Waals surface area contributed by atoms with E-state index >= 15 is 0 Å². The van der Waals surface area contributed by atoms with Crippen molar-refractivity contribution in [1.29, 1.82) is 0 Å². The summed E-state index contributed by atoms with van der Waals surface area (Å²) in [4.78, 5) is 25.0. The molecule has 1 aliphatic heterocycles. The second kappa shape index (κ2) is 5.99. The Kier molecular flexibility index (Phi) is 4.34. The number of methoxy groups -OCH3 is 1. The topological polar surface area (TPSA) is 46.6 Å². The summed E-state index contributed by atoms with van der Waals surface area (Å²) in [6, 6.07) is 9.55. The smallest absolute Gasteiger partial charge is 0.331 e. The minimum Gasteiger partial charge on any atom is -0.466 e. The number of ether oxygens (including phenoxy) is 1. The number of carbonyl (C=O) groups is 2. The van der Waals surface area contributed by atoms with Crippen LogP contribution in [0.4, 0.5) is 0 Å². The molecular formula is C13H11NO3S2. The van der Waals surface area contributed by atoms with Crippen molar-refractivity contribution in [1.82, 2.24) is 4.90 Å². The largest absolute Gasteiger partial charge is 0.466 e. The number of nitrogens with zero attached hydrogens (tertiary/aromatic N) is 1. The van der Waals surface area contributed by atoms with Crippen LogP contribution >= 0.6 is 24.0 Å². The van der Waals surface area contributed by atoms with Crippen molar-refractivity contribution in [2.45, 2.75) is 6.54 Å². The molecule has 0 spiro atoms. The normalized spacial score (nSPS) is 17.1. The zero-order valence-corrected chi connectivity index (χ0v) is 11.8. The lowest BCUT2D eigenvalue weighted by atomic mass is 10.2. The number of benzene rings is 1. The van der Waals surface area contributed by atoms with Crippen molar-refractivity contribution in [2.24, 2.45) is 0 Å². The highest BCUT2D eigenvalue weighted by atomic mass is 32.2. The van der Waals surface area contributed by atoms with Crippen molar-refractivity contribution >= 4 is 40.2 Å². The predicted octanol–water partition coefficient (Wildman–Crippen LogP) is 2.10. The Bertz CT molecular complexity index is 554. The summed E-state index contributed by atoms with van der Waals surface area (Å²) in [5.74, 6) is -0.815. The monoisotopic (exact) mass is 293 g/mol. The predicted molar refractivity (Wildman–Crippen MR) is 77.3 cm³/mol. The van der Waals surface area contributed by atoms with E-state index in [1.165, 1.54) is 18.1 Å². The van der Waals surface area contributed by atoms with Gasteiger partial charge in [0.15, 0.2) is 0 Å². The number of thiocarbonyl (C=S) groups is 1. The minimum absolute atomic E-state index is 0.260. The molecule has 4 nitrogen and oxygen atoms in total. The first kappa shape index (κ1) is 13.8. The molecule has 0 saturated carbocycles. The summed E-state index contributed by atoms with van der Waals surface area (Å²) >= 11 is 6.27. The molecule has 0 N–H and O–H groups in total. The van der Waals surface area contributed by atoms with Crippen LogP contribution in [-0.4, -0.2) is 28.2 Å². The second-order valence-electron chi connectivity index (χ2n) is 3.78. The van der Waals surface area contributed by atoms with Gasteiger partial charge in [-0.05, 0) is 5.56 Å². The van der Waals surface area contributed by atoms with Crippen molar-refractivity contribution < 1.29 is 14.3 Å². The van der Waals surface area contributed by atoms with Gasteiger partial charge < -0.3 is 4.74 Å². The average molecular weight is 293 g/mol. The van der Waals surface area contributed by atoms with Crippen LogP contribution in [-0.2, 0) is 20.9 Å². The van der Waals surface area contributed by atoms with Crippen molar-refractivity contribution in [3.05, 3.63) is 46.9 Å². The maximum atomic E-state index is 12.1. The van der Waals surface area contributed by atoms with Gasteiger partial charge in [-0.25, -0.2) is 4.79 Å². The Balaban J connectivity index is 2.15. The number of amides is 1. The maximum absolute atomic E-state index is 12.1. The molecule has 1 saturated heterocycles. The zero-order valence-electron chi connectivity index (χ0n) is 10.2. The van der Waals surface area contributed by atoms with Crippen LogP contribution in [0.25, 0.3) is 0 Å². The molecule has 1 aromatic carbocycles. The fraction of sp³-hybridized carbons (Fsp3) is 0.154. The van der Waals surface area contributed by atoms with E-state index in [0.29, 0.717) is 15.8 Å². The van der Waals surface area contributed by atoms with Crippen LogP contribution in [0.15, 0.2) is 41.3 Å². The van der Waals surface area contributed by atoms with Crippen LogP contribution < -0.4 is 0 Å². The van der Waals surface area contributed by atoms with Crippen LogP contribution in [0.1, 0.15) is 5.56 Å². The molecule has 1 fully saturated rings. The molecule has 0 aromatic heterocycles. The van der Waals surface area contributed by atoms with Gasteiger partial charge in [0.1, 0.15) is 4.32 Å². The van der Waals surface area contributed by atoms with Gasteiger partial charge in [0.05, 0.1) is 18.6 Å². The van der Waals surface area contributed by atoms with E-state index < -0.39 is 5.97 Å². The lowest BCUT2D eigenvalue weighted by Crippen LogP contribution is -2.27. The van der Waals surface area contributed by atoms with Gasteiger partial charge in [-0.15, -0.1) is 0 Å². The van der Waals surface area contributed by atoms with E-state index in [2.05, 4.69) is 4.74 Å². The zero-order chi connectivity index (χ0) is 13.8.